The molecule has 0 unspecified atom stereocenters. The number of pyridine rings is 1. The van der Waals surface area contributed by atoms with Crippen LogP contribution in [-0.2, 0) is 12.7 Å². The fourth-order valence-corrected chi connectivity index (χ4v) is 3.55. The molecule has 0 radical (unpaired) electrons. The zero-order valence-electron chi connectivity index (χ0n) is 18.0. The quantitative estimate of drug-likeness (QED) is 0.445. The molecule has 3 aromatic heterocycles. The third-order valence-corrected chi connectivity index (χ3v) is 5.37. The van der Waals surface area contributed by atoms with Gasteiger partial charge in [0.2, 0.25) is 11.8 Å². The molecule has 0 atom stereocenters. The maximum Gasteiger partial charge on any atom is 0.421 e. The lowest BCUT2D eigenvalue weighted by Gasteiger charge is -2.24. The van der Waals surface area contributed by atoms with Gasteiger partial charge in [-0.05, 0) is 50.0 Å². The smallest absolute Gasteiger partial charge is 0.421 e. The zero-order chi connectivity index (χ0) is 23.1. The highest BCUT2D eigenvalue weighted by Gasteiger charge is 2.35. The summed E-state index contributed by atoms with van der Waals surface area (Å²) in [6.07, 6.45) is 3.50. The van der Waals surface area contributed by atoms with Gasteiger partial charge in [0.25, 0.3) is 0 Å². The number of aromatic nitrogens is 4. The third kappa shape index (κ3) is 6.58. The second kappa shape index (κ2) is 10.5. The lowest BCUT2D eigenvalue weighted by molar-refractivity contribution is -0.137. The van der Waals surface area contributed by atoms with Gasteiger partial charge < -0.3 is 25.3 Å². The van der Waals surface area contributed by atoms with E-state index in [2.05, 4.69) is 30.9 Å². The van der Waals surface area contributed by atoms with Crippen molar-refractivity contribution in [1.82, 2.24) is 24.8 Å². The Morgan fingerprint density at radius 2 is 1.88 bits per heavy atom. The third-order valence-electron chi connectivity index (χ3n) is 5.37. The van der Waals surface area contributed by atoms with Crippen molar-refractivity contribution >= 4 is 17.5 Å². The van der Waals surface area contributed by atoms with Gasteiger partial charge in [0.05, 0.1) is 18.4 Å². The molecule has 4 rings (SSSR count). The molecule has 33 heavy (non-hydrogen) atoms. The Bertz CT molecular complexity index is 1000. The van der Waals surface area contributed by atoms with Crippen LogP contribution in [0.25, 0.3) is 0 Å². The van der Waals surface area contributed by atoms with Crippen LogP contribution < -0.4 is 20.7 Å². The number of alkyl halides is 3. The number of nitrogens with one attached hydrogen (secondary N) is 3. The Balaban J connectivity index is 1.38. The number of nitrogens with zero attached hydrogens (tertiary/aromatic N) is 4. The summed E-state index contributed by atoms with van der Waals surface area (Å²) in [4.78, 5) is 12.2. The molecule has 4 heterocycles. The van der Waals surface area contributed by atoms with Gasteiger partial charge in [-0.2, -0.15) is 18.2 Å². The van der Waals surface area contributed by atoms with Crippen molar-refractivity contribution < 1.29 is 17.9 Å². The molecule has 0 bridgehead atoms. The number of hydrogen-bond acceptors (Lipinski definition) is 7. The lowest BCUT2D eigenvalue weighted by Crippen LogP contribution is -2.31. The average molecular weight is 461 g/mol. The molecule has 11 heteroatoms. The molecular formula is C22H26F3N7O. The van der Waals surface area contributed by atoms with Gasteiger partial charge in [-0.15, -0.1) is 0 Å². The second-order valence-electron chi connectivity index (χ2n) is 7.81. The van der Waals surface area contributed by atoms with E-state index in [4.69, 9.17) is 4.74 Å². The van der Waals surface area contributed by atoms with Gasteiger partial charge in [0.1, 0.15) is 18.0 Å². The van der Waals surface area contributed by atoms with Gasteiger partial charge in [0.15, 0.2) is 0 Å². The van der Waals surface area contributed by atoms with Crippen molar-refractivity contribution in [3.8, 4) is 5.88 Å². The fraction of sp³-hybridized carbons (Fsp3) is 0.409. The number of anilines is 3. The summed E-state index contributed by atoms with van der Waals surface area (Å²) in [5.41, 5.74) is -0.344. The second-order valence-corrected chi connectivity index (χ2v) is 7.81. The van der Waals surface area contributed by atoms with Crippen LogP contribution in [0.15, 0.2) is 49.1 Å². The minimum atomic E-state index is -4.55. The van der Waals surface area contributed by atoms with Crippen molar-refractivity contribution in [1.29, 1.82) is 0 Å². The van der Waals surface area contributed by atoms with Crippen molar-refractivity contribution in [3.05, 3.63) is 54.6 Å². The Labute approximate surface area is 189 Å². The first kappa shape index (κ1) is 22.8. The predicted octanol–water partition coefficient (Wildman–Crippen LogP) is 3.93. The summed E-state index contributed by atoms with van der Waals surface area (Å²) in [7, 11) is 0. The molecule has 0 aromatic carbocycles. The molecule has 0 spiro atoms. The van der Waals surface area contributed by atoms with Crippen molar-refractivity contribution in [2.24, 2.45) is 5.92 Å². The van der Waals surface area contributed by atoms with E-state index in [0.717, 1.165) is 32.1 Å². The molecule has 176 valence electrons. The average Bonchev–Trinajstić information content (AvgIpc) is 3.32. The van der Waals surface area contributed by atoms with E-state index < -0.39 is 11.7 Å². The van der Waals surface area contributed by atoms with Crippen LogP contribution in [0.5, 0.6) is 5.88 Å². The normalized spacial score (nSPS) is 14.8. The van der Waals surface area contributed by atoms with E-state index in [1.165, 1.54) is 6.20 Å². The molecule has 1 fully saturated rings. The molecule has 8 nitrogen and oxygen atoms in total. The molecule has 0 saturated carbocycles. The highest BCUT2D eigenvalue weighted by molar-refractivity contribution is 5.56. The first-order valence-corrected chi connectivity index (χ1v) is 10.8. The monoisotopic (exact) mass is 461 g/mol. The van der Waals surface area contributed by atoms with Crippen molar-refractivity contribution in [2.45, 2.75) is 25.6 Å². The van der Waals surface area contributed by atoms with Gasteiger partial charge in [-0.3, -0.25) is 0 Å². The van der Waals surface area contributed by atoms with E-state index in [1.807, 2.05) is 29.1 Å². The molecule has 3 aromatic rings. The Morgan fingerprint density at radius 3 is 2.58 bits per heavy atom. The van der Waals surface area contributed by atoms with Crippen LogP contribution >= 0.6 is 0 Å². The zero-order valence-corrected chi connectivity index (χ0v) is 18.0. The van der Waals surface area contributed by atoms with Crippen LogP contribution in [0.2, 0.25) is 0 Å². The van der Waals surface area contributed by atoms with E-state index in [-0.39, 0.29) is 11.8 Å². The van der Waals surface area contributed by atoms with E-state index in [9.17, 15) is 13.2 Å². The maximum absolute atomic E-state index is 13.4. The molecular weight excluding hydrogens is 435 g/mol. The van der Waals surface area contributed by atoms with Gasteiger partial charge in [-0.25, -0.2) is 9.97 Å². The molecule has 0 aliphatic carbocycles. The van der Waals surface area contributed by atoms with Crippen LogP contribution in [0.3, 0.4) is 0 Å². The number of halogens is 3. The summed E-state index contributed by atoms with van der Waals surface area (Å²) in [6, 6.07) is 7.27. The number of ether oxygens (including phenoxy) is 1. The first-order valence-electron chi connectivity index (χ1n) is 10.8. The number of hydrogen-bond donors (Lipinski definition) is 3. The SMILES string of the molecule is FC(F)(F)c1cnc(Nc2ccc(OCCn3cccc3)nc2)nc1NCC1CCNCC1. The molecule has 1 aliphatic rings. The summed E-state index contributed by atoms with van der Waals surface area (Å²) < 4.78 is 47.9. The minimum Gasteiger partial charge on any atom is -0.476 e. The van der Waals surface area contributed by atoms with Gasteiger partial charge in [0, 0.05) is 31.2 Å². The number of rotatable bonds is 9. The van der Waals surface area contributed by atoms with E-state index in [0.29, 0.717) is 37.2 Å². The highest BCUT2D eigenvalue weighted by Crippen LogP contribution is 2.34. The molecule has 3 N–H and O–H groups in total. The van der Waals surface area contributed by atoms with Crippen LogP contribution in [0.4, 0.5) is 30.6 Å². The predicted molar refractivity (Wildman–Crippen MR) is 119 cm³/mol. The minimum absolute atomic E-state index is 0.0545. The lowest BCUT2D eigenvalue weighted by atomic mass is 9.98. The van der Waals surface area contributed by atoms with Crippen molar-refractivity contribution in [2.75, 3.05) is 36.9 Å². The van der Waals surface area contributed by atoms with E-state index in [1.54, 1.807) is 12.1 Å². The Kier molecular flexibility index (Phi) is 7.28. The van der Waals surface area contributed by atoms with Gasteiger partial charge in [-0.1, -0.05) is 0 Å². The molecule has 1 aliphatic heterocycles. The summed E-state index contributed by atoms with van der Waals surface area (Å²) in [5.74, 6) is 0.577. The molecule has 0 amide bonds. The van der Waals surface area contributed by atoms with Crippen LogP contribution in [0.1, 0.15) is 18.4 Å². The summed E-state index contributed by atoms with van der Waals surface area (Å²) in [5, 5.41) is 9.03. The number of piperidine rings is 1. The van der Waals surface area contributed by atoms with Crippen LogP contribution in [-0.4, -0.2) is 45.8 Å². The summed E-state index contributed by atoms with van der Waals surface area (Å²) >= 11 is 0. The molecule has 1 saturated heterocycles. The highest BCUT2D eigenvalue weighted by atomic mass is 19.4. The fourth-order valence-electron chi connectivity index (χ4n) is 3.55. The largest absolute Gasteiger partial charge is 0.476 e. The Morgan fingerprint density at radius 1 is 1.09 bits per heavy atom. The summed E-state index contributed by atoms with van der Waals surface area (Å²) in [6.45, 7) is 3.32. The van der Waals surface area contributed by atoms with Gasteiger partial charge >= 0.3 is 6.18 Å². The van der Waals surface area contributed by atoms with Crippen LogP contribution in [0, 0.1) is 5.92 Å². The van der Waals surface area contributed by atoms with E-state index >= 15 is 0 Å². The maximum atomic E-state index is 13.4. The van der Waals surface area contributed by atoms with Crippen molar-refractivity contribution in [3.63, 3.8) is 0 Å². The Hall–Kier alpha value is -3.34. The standard InChI is InChI=1S/C22H26F3N7O/c23-22(24,25)18-15-29-21(31-20(18)28-13-16-5-7-26-8-6-16)30-17-3-4-19(27-14-17)33-12-11-32-9-1-2-10-32/h1-4,9-10,14-16,26H,5-8,11-13H2,(H2,28,29,30,31). The topological polar surface area (TPSA) is 88.9 Å². The first-order chi connectivity index (χ1) is 16.0.